The van der Waals surface area contributed by atoms with Gasteiger partial charge in [-0.15, -0.1) is 12.4 Å². The molecule has 0 aliphatic carbocycles. The summed E-state index contributed by atoms with van der Waals surface area (Å²) < 4.78 is 1.86. The second-order valence-electron chi connectivity index (χ2n) is 2.98. The van der Waals surface area contributed by atoms with Gasteiger partial charge in [-0.2, -0.15) is 0 Å². The van der Waals surface area contributed by atoms with E-state index in [0.717, 1.165) is 11.4 Å². The second-order valence-corrected chi connectivity index (χ2v) is 3.38. The molecule has 78 valence electrons. The normalized spacial score (nSPS) is 9.13. The number of anilines is 2. The van der Waals surface area contributed by atoms with E-state index in [4.69, 9.17) is 0 Å². The second kappa shape index (κ2) is 5.69. The number of nitrogens with zero attached hydrogens (tertiary/aromatic N) is 1. The first-order valence-electron chi connectivity index (χ1n) is 4.47. The Morgan fingerprint density at radius 2 is 1.00 bits per heavy atom. The summed E-state index contributed by atoms with van der Waals surface area (Å²) in [6, 6.07) is 20.1. The molecule has 0 atom stereocenters. The van der Waals surface area contributed by atoms with Gasteiger partial charge in [-0.05, 0) is 24.3 Å². The summed E-state index contributed by atoms with van der Waals surface area (Å²) in [5.41, 5.74) is 2.14. The molecule has 0 unspecified atom stereocenters. The van der Waals surface area contributed by atoms with Crippen LogP contribution in [0.3, 0.4) is 0 Å². The van der Waals surface area contributed by atoms with Gasteiger partial charge in [0.15, 0.2) is 0 Å². The smallest absolute Gasteiger partial charge is 0.0522 e. The molecular weight excluding hydrogens is 226 g/mol. The first-order chi connectivity index (χ1) is 6.88. The van der Waals surface area contributed by atoms with Crippen molar-refractivity contribution in [2.45, 2.75) is 0 Å². The molecule has 0 heterocycles. The highest BCUT2D eigenvalue weighted by molar-refractivity contribution is 7.82. The van der Waals surface area contributed by atoms with E-state index >= 15 is 0 Å². The van der Waals surface area contributed by atoms with Gasteiger partial charge < -0.3 is 0 Å². The molecule has 3 heteroatoms. The molecule has 2 rings (SSSR count). The van der Waals surface area contributed by atoms with Crippen LogP contribution >= 0.6 is 25.2 Å². The number of para-hydroxylation sites is 2. The molecule has 0 saturated heterocycles. The lowest BCUT2D eigenvalue weighted by molar-refractivity contribution is 1.44. The first kappa shape index (κ1) is 12.0. The lowest BCUT2D eigenvalue weighted by Crippen LogP contribution is -2.00. The zero-order valence-corrected chi connectivity index (χ0v) is 9.79. The molecule has 0 fully saturated rings. The highest BCUT2D eigenvalue weighted by Crippen LogP contribution is 2.25. The van der Waals surface area contributed by atoms with Crippen LogP contribution in [0.15, 0.2) is 60.7 Å². The molecule has 1 nitrogen and oxygen atoms in total. The van der Waals surface area contributed by atoms with Crippen LogP contribution in [0.25, 0.3) is 0 Å². The number of hydrogen-bond donors (Lipinski definition) is 1. The predicted octanol–water partition coefficient (Wildman–Crippen LogP) is 4.09. The minimum Gasteiger partial charge on any atom is -0.287 e. The number of rotatable bonds is 2. The van der Waals surface area contributed by atoms with E-state index in [1.165, 1.54) is 0 Å². The maximum atomic E-state index is 4.44. The first-order valence-corrected chi connectivity index (χ1v) is 4.87. The highest BCUT2D eigenvalue weighted by atomic mass is 35.5. The summed E-state index contributed by atoms with van der Waals surface area (Å²) in [7, 11) is 0. The summed E-state index contributed by atoms with van der Waals surface area (Å²) in [5.74, 6) is 0. The Morgan fingerprint density at radius 1 is 0.667 bits per heavy atom. The minimum atomic E-state index is 0. The largest absolute Gasteiger partial charge is 0.287 e. The lowest BCUT2D eigenvalue weighted by Gasteiger charge is -2.17. The Labute approximate surface area is 102 Å². The van der Waals surface area contributed by atoms with Crippen molar-refractivity contribution in [2.24, 2.45) is 0 Å². The summed E-state index contributed by atoms with van der Waals surface area (Å²) in [4.78, 5) is 0. The van der Waals surface area contributed by atoms with Crippen molar-refractivity contribution < 1.29 is 0 Å². The predicted molar refractivity (Wildman–Crippen MR) is 71.3 cm³/mol. The zero-order chi connectivity index (χ0) is 9.80. The van der Waals surface area contributed by atoms with E-state index in [1.54, 1.807) is 0 Å². The van der Waals surface area contributed by atoms with Crippen LogP contribution in [-0.4, -0.2) is 0 Å². The third-order valence-electron chi connectivity index (χ3n) is 2.00. The summed E-state index contributed by atoms with van der Waals surface area (Å²) in [5, 5.41) is 0. The minimum absolute atomic E-state index is 0. The Balaban J connectivity index is 0.00000112. The quantitative estimate of drug-likeness (QED) is 0.770. The molecule has 0 bridgehead atoms. The molecule has 0 saturated carbocycles. The van der Waals surface area contributed by atoms with Gasteiger partial charge in [-0.1, -0.05) is 49.2 Å². The number of halogens is 1. The molecule has 0 N–H and O–H groups in total. The number of benzene rings is 2. The van der Waals surface area contributed by atoms with E-state index in [1.807, 2.05) is 65.0 Å². The fourth-order valence-electron chi connectivity index (χ4n) is 1.29. The van der Waals surface area contributed by atoms with Crippen LogP contribution in [-0.2, 0) is 0 Å². The third-order valence-corrected chi connectivity index (χ3v) is 2.46. The van der Waals surface area contributed by atoms with Crippen molar-refractivity contribution in [2.75, 3.05) is 4.31 Å². The molecule has 0 aliphatic heterocycles. The highest BCUT2D eigenvalue weighted by Gasteiger charge is 2.01. The number of hydrogen-bond acceptors (Lipinski definition) is 2. The molecule has 2 aromatic carbocycles. The van der Waals surface area contributed by atoms with Gasteiger partial charge in [0.25, 0.3) is 0 Å². The van der Waals surface area contributed by atoms with Crippen molar-refractivity contribution in [3.05, 3.63) is 60.7 Å². The van der Waals surface area contributed by atoms with Crippen LogP contribution in [0, 0.1) is 0 Å². The van der Waals surface area contributed by atoms with E-state index in [-0.39, 0.29) is 12.4 Å². The van der Waals surface area contributed by atoms with Gasteiger partial charge in [0.2, 0.25) is 0 Å². The van der Waals surface area contributed by atoms with E-state index in [2.05, 4.69) is 12.8 Å². The molecule has 0 aliphatic rings. The third kappa shape index (κ3) is 2.91. The molecule has 0 amide bonds. The topological polar surface area (TPSA) is 3.24 Å². The summed E-state index contributed by atoms with van der Waals surface area (Å²) in [6.45, 7) is 0. The van der Waals surface area contributed by atoms with E-state index < -0.39 is 0 Å². The Morgan fingerprint density at radius 3 is 1.33 bits per heavy atom. The van der Waals surface area contributed by atoms with Crippen LogP contribution < -0.4 is 4.31 Å². The number of thiol groups is 1. The Hall–Kier alpha value is -1.12. The van der Waals surface area contributed by atoms with Gasteiger partial charge in [0.1, 0.15) is 0 Å². The van der Waals surface area contributed by atoms with E-state index in [0.29, 0.717) is 0 Å². The standard InChI is InChI=1S/C12H11NS.ClH/c14-13(11-7-3-1-4-8-11)12-9-5-2-6-10-12;/h1-10,14H;1H. The SMILES string of the molecule is Cl.SN(c1ccccc1)c1ccccc1. The van der Waals surface area contributed by atoms with Crippen LogP contribution in [0.5, 0.6) is 0 Å². The van der Waals surface area contributed by atoms with Crippen molar-refractivity contribution in [3.63, 3.8) is 0 Å². The average molecular weight is 238 g/mol. The maximum Gasteiger partial charge on any atom is 0.0522 e. The lowest BCUT2D eigenvalue weighted by atomic mass is 10.3. The van der Waals surface area contributed by atoms with Gasteiger partial charge in [0.05, 0.1) is 11.4 Å². The maximum absolute atomic E-state index is 4.44. The van der Waals surface area contributed by atoms with Crippen molar-refractivity contribution >= 4 is 36.6 Å². The molecular formula is C12H12ClNS. The van der Waals surface area contributed by atoms with Gasteiger partial charge >= 0.3 is 0 Å². The van der Waals surface area contributed by atoms with E-state index in [9.17, 15) is 0 Å². The molecule has 0 aromatic heterocycles. The molecule has 2 aromatic rings. The van der Waals surface area contributed by atoms with Gasteiger partial charge in [-0.25, -0.2) is 0 Å². The van der Waals surface area contributed by atoms with Crippen LogP contribution in [0.2, 0.25) is 0 Å². The van der Waals surface area contributed by atoms with Crippen LogP contribution in [0.1, 0.15) is 0 Å². The van der Waals surface area contributed by atoms with Crippen molar-refractivity contribution in [1.82, 2.24) is 0 Å². The monoisotopic (exact) mass is 237 g/mol. The van der Waals surface area contributed by atoms with Gasteiger partial charge in [-0.3, -0.25) is 4.31 Å². The molecule has 0 spiro atoms. The van der Waals surface area contributed by atoms with Crippen molar-refractivity contribution in [1.29, 1.82) is 0 Å². The molecule has 0 radical (unpaired) electrons. The summed E-state index contributed by atoms with van der Waals surface area (Å²) >= 11 is 4.44. The summed E-state index contributed by atoms with van der Waals surface area (Å²) in [6.07, 6.45) is 0. The molecule has 15 heavy (non-hydrogen) atoms. The van der Waals surface area contributed by atoms with Crippen molar-refractivity contribution in [3.8, 4) is 0 Å². The Bertz CT molecular complexity index is 351. The van der Waals surface area contributed by atoms with Gasteiger partial charge in [0, 0.05) is 0 Å². The fraction of sp³-hybridized carbons (Fsp3) is 0. The average Bonchev–Trinajstić information content (AvgIpc) is 2.30. The fourth-order valence-corrected chi connectivity index (χ4v) is 1.55. The zero-order valence-electron chi connectivity index (χ0n) is 8.08. The Kier molecular flexibility index (Phi) is 4.53. The van der Waals surface area contributed by atoms with Crippen LogP contribution in [0.4, 0.5) is 11.4 Å².